The number of allylic oxidation sites excluding steroid dienone is 1. The Bertz CT molecular complexity index is 1460. The molecule has 5 rings (SSSR count). The number of nitrogens with zero attached hydrogens (tertiary/aromatic N) is 1. The molecule has 0 radical (unpaired) electrons. The molecule has 0 saturated carbocycles. The molecule has 1 aliphatic heterocycles. The van der Waals surface area contributed by atoms with Crippen LogP contribution >= 0.6 is 0 Å². The van der Waals surface area contributed by atoms with Crippen molar-refractivity contribution in [2.45, 2.75) is 13.5 Å². The number of ketones is 1. The highest BCUT2D eigenvalue weighted by atomic mass is 16.5. The van der Waals surface area contributed by atoms with Gasteiger partial charge in [0.05, 0.1) is 18.2 Å². The highest BCUT2D eigenvalue weighted by Crippen LogP contribution is 2.38. The van der Waals surface area contributed by atoms with E-state index in [1.807, 2.05) is 67.2 Å². The predicted molar refractivity (Wildman–Crippen MR) is 129 cm³/mol. The summed E-state index contributed by atoms with van der Waals surface area (Å²) < 4.78 is 18.7. The Morgan fingerprint density at radius 2 is 1.85 bits per heavy atom. The van der Waals surface area contributed by atoms with Crippen molar-refractivity contribution in [2.24, 2.45) is 7.05 Å². The molecule has 0 spiro atoms. The molecule has 170 valence electrons. The number of carbonyl (C=O) groups is 2. The third kappa shape index (κ3) is 3.83. The van der Waals surface area contributed by atoms with Crippen LogP contribution in [0.3, 0.4) is 0 Å². The lowest BCUT2D eigenvalue weighted by molar-refractivity contribution is 0.0600. The van der Waals surface area contributed by atoms with Gasteiger partial charge < -0.3 is 18.8 Å². The first-order chi connectivity index (χ1) is 16.4. The van der Waals surface area contributed by atoms with E-state index < -0.39 is 0 Å². The Hall–Kier alpha value is -4.32. The van der Waals surface area contributed by atoms with Crippen molar-refractivity contribution in [3.8, 4) is 11.5 Å². The zero-order valence-corrected chi connectivity index (χ0v) is 19.1. The second-order valence-electron chi connectivity index (χ2n) is 8.24. The van der Waals surface area contributed by atoms with Gasteiger partial charge in [0, 0.05) is 35.8 Å². The van der Waals surface area contributed by atoms with Crippen molar-refractivity contribution >= 4 is 28.7 Å². The number of rotatable bonds is 5. The van der Waals surface area contributed by atoms with Gasteiger partial charge in [-0.3, -0.25) is 4.79 Å². The molecule has 2 heterocycles. The summed E-state index contributed by atoms with van der Waals surface area (Å²) in [6.45, 7) is 2.19. The molecule has 6 nitrogen and oxygen atoms in total. The zero-order chi connectivity index (χ0) is 23.8. The van der Waals surface area contributed by atoms with Gasteiger partial charge in [0.15, 0.2) is 5.76 Å². The van der Waals surface area contributed by atoms with Crippen LogP contribution in [-0.2, 0) is 18.4 Å². The molecule has 1 aromatic heterocycles. The average molecular weight is 453 g/mol. The molecule has 0 atom stereocenters. The number of carbonyl (C=O) groups excluding carboxylic acids is 2. The van der Waals surface area contributed by atoms with Crippen LogP contribution in [0.15, 0.2) is 72.6 Å². The summed E-state index contributed by atoms with van der Waals surface area (Å²) in [6, 6.07) is 18.7. The lowest BCUT2D eigenvalue weighted by atomic mass is 10.0. The van der Waals surface area contributed by atoms with Crippen LogP contribution in [0.5, 0.6) is 11.5 Å². The third-order valence-corrected chi connectivity index (χ3v) is 5.94. The van der Waals surface area contributed by atoms with E-state index in [0.717, 1.165) is 27.6 Å². The van der Waals surface area contributed by atoms with Crippen LogP contribution in [0.1, 0.15) is 37.4 Å². The zero-order valence-electron chi connectivity index (χ0n) is 19.1. The summed E-state index contributed by atoms with van der Waals surface area (Å²) in [5.74, 6) is 0.881. The van der Waals surface area contributed by atoms with Gasteiger partial charge in [0.1, 0.15) is 18.1 Å². The number of methoxy groups -OCH3 is 1. The van der Waals surface area contributed by atoms with Crippen LogP contribution in [0.2, 0.25) is 0 Å². The summed E-state index contributed by atoms with van der Waals surface area (Å²) >= 11 is 0. The normalized spacial score (nSPS) is 13.7. The number of para-hydroxylation sites is 1. The molecule has 0 aliphatic carbocycles. The SMILES string of the molecule is COC(=O)c1ccc(COc2cc(C)c3c(c2)O/C(=C\c2cn(C)c4ccccc24)C3=O)cc1. The molecule has 6 heteroatoms. The first-order valence-electron chi connectivity index (χ1n) is 10.9. The molecule has 0 N–H and O–H groups in total. The summed E-state index contributed by atoms with van der Waals surface area (Å²) in [6.07, 6.45) is 3.79. The lowest BCUT2D eigenvalue weighted by Gasteiger charge is -2.09. The minimum atomic E-state index is -0.379. The van der Waals surface area contributed by atoms with E-state index in [9.17, 15) is 9.59 Å². The van der Waals surface area contributed by atoms with Gasteiger partial charge in [0.2, 0.25) is 5.78 Å². The molecule has 0 fully saturated rings. The number of benzene rings is 3. The van der Waals surface area contributed by atoms with Crippen molar-refractivity contribution in [2.75, 3.05) is 7.11 Å². The number of aromatic nitrogens is 1. The molecule has 0 unspecified atom stereocenters. The quantitative estimate of drug-likeness (QED) is 0.296. The van der Waals surface area contributed by atoms with Crippen molar-refractivity contribution < 1.29 is 23.8 Å². The van der Waals surface area contributed by atoms with E-state index in [2.05, 4.69) is 0 Å². The van der Waals surface area contributed by atoms with Gasteiger partial charge in [-0.25, -0.2) is 4.79 Å². The average Bonchev–Trinajstić information content (AvgIpc) is 3.34. The van der Waals surface area contributed by atoms with E-state index >= 15 is 0 Å². The third-order valence-electron chi connectivity index (χ3n) is 5.94. The molecule has 4 aromatic rings. The maximum Gasteiger partial charge on any atom is 0.337 e. The molecular weight excluding hydrogens is 430 g/mol. The predicted octanol–water partition coefficient (Wildman–Crippen LogP) is 5.47. The van der Waals surface area contributed by atoms with Crippen molar-refractivity contribution in [3.63, 3.8) is 0 Å². The first kappa shape index (κ1) is 21.5. The standard InChI is InChI=1S/C28H23NO5/c1-17-12-21(33-16-18-8-10-19(11-9-18)28(31)32-3)14-24-26(17)27(30)25(34-24)13-20-15-29(2)23-7-5-4-6-22(20)23/h4-15H,16H2,1-3H3/b25-13-. The number of ether oxygens (including phenoxy) is 3. The molecule has 0 saturated heterocycles. The maximum absolute atomic E-state index is 13.1. The molecular formula is C28H23NO5. The molecule has 0 bridgehead atoms. The Morgan fingerprint density at radius 3 is 2.62 bits per heavy atom. The van der Waals surface area contributed by atoms with E-state index in [1.54, 1.807) is 24.3 Å². The number of aryl methyl sites for hydroxylation is 2. The summed E-state index contributed by atoms with van der Waals surface area (Å²) in [4.78, 5) is 24.7. The van der Waals surface area contributed by atoms with Crippen LogP contribution < -0.4 is 9.47 Å². The largest absolute Gasteiger partial charge is 0.489 e. The van der Waals surface area contributed by atoms with Crippen molar-refractivity contribution in [1.29, 1.82) is 0 Å². The molecule has 3 aromatic carbocycles. The second-order valence-corrected chi connectivity index (χ2v) is 8.24. The fraction of sp³-hybridized carbons (Fsp3) is 0.143. The molecule has 34 heavy (non-hydrogen) atoms. The molecule has 0 amide bonds. The Labute approximate surface area is 197 Å². The van der Waals surface area contributed by atoms with Crippen LogP contribution in [-0.4, -0.2) is 23.4 Å². The van der Waals surface area contributed by atoms with E-state index in [0.29, 0.717) is 35.0 Å². The number of esters is 1. The Morgan fingerprint density at radius 1 is 1.09 bits per heavy atom. The lowest BCUT2D eigenvalue weighted by Crippen LogP contribution is -2.02. The van der Waals surface area contributed by atoms with Gasteiger partial charge in [-0.1, -0.05) is 30.3 Å². The van der Waals surface area contributed by atoms with Crippen LogP contribution in [0.4, 0.5) is 0 Å². The van der Waals surface area contributed by atoms with Gasteiger partial charge >= 0.3 is 5.97 Å². The van der Waals surface area contributed by atoms with Gasteiger partial charge in [-0.05, 0) is 48.4 Å². The van der Waals surface area contributed by atoms with Crippen LogP contribution in [0, 0.1) is 6.92 Å². The highest BCUT2D eigenvalue weighted by molar-refractivity contribution is 6.16. The Kier molecular flexibility index (Phi) is 5.42. The number of Topliss-reactive ketones (excluding diaryl/α,β-unsaturated/α-hetero) is 1. The summed E-state index contributed by atoms with van der Waals surface area (Å²) in [5, 5.41) is 1.06. The van der Waals surface area contributed by atoms with Gasteiger partial charge in [0.25, 0.3) is 0 Å². The van der Waals surface area contributed by atoms with Crippen molar-refractivity contribution in [1.82, 2.24) is 4.57 Å². The topological polar surface area (TPSA) is 66.8 Å². The van der Waals surface area contributed by atoms with E-state index in [-0.39, 0.29) is 11.8 Å². The monoisotopic (exact) mass is 453 g/mol. The number of hydrogen-bond acceptors (Lipinski definition) is 5. The van der Waals surface area contributed by atoms with E-state index in [1.165, 1.54) is 7.11 Å². The summed E-state index contributed by atoms with van der Waals surface area (Å²) in [7, 11) is 3.33. The number of hydrogen-bond donors (Lipinski definition) is 0. The minimum absolute atomic E-state index is 0.134. The van der Waals surface area contributed by atoms with Crippen LogP contribution in [0.25, 0.3) is 17.0 Å². The van der Waals surface area contributed by atoms with Crippen molar-refractivity contribution in [3.05, 3.63) is 100 Å². The Balaban J connectivity index is 1.37. The number of fused-ring (bicyclic) bond motifs is 2. The molecule has 1 aliphatic rings. The fourth-order valence-electron chi connectivity index (χ4n) is 4.21. The smallest absolute Gasteiger partial charge is 0.337 e. The first-order valence-corrected chi connectivity index (χ1v) is 10.9. The minimum Gasteiger partial charge on any atom is -0.489 e. The van der Waals surface area contributed by atoms with Gasteiger partial charge in [-0.2, -0.15) is 0 Å². The fourth-order valence-corrected chi connectivity index (χ4v) is 4.21. The van der Waals surface area contributed by atoms with E-state index in [4.69, 9.17) is 14.2 Å². The summed E-state index contributed by atoms with van der Waals surface area (Å²) in [5.41, 5.74) is 4.75. The maximum atomic E-state index is 13.1. The highest BCUT2D eigenvalue weighted by Gasteiger charge is 2.30. The second kappa shape index (κ2) is 8.56. The van der Waals surface area contributed by atoms with Gasteiger partial charge in [-0.15, -0.1) is 0 Å².